The van der Waals surface area contributed by atoms with Gasteiger partial charge in [-0.3, -0.25) is 0 Å². The lowest BCUT2D eigenvalue weighted by Crippen LogP contribution is -2.14. The highest BCUT2D eigenvalue weighted by Gasteiger charge is 2.20. The quantitative estimate of drug-likeness (QED) is 0.374. The van der Waals surface area contributed by atoms with Gasteiger partial charge in [0.2, 0.25) is 0 Å². The van der Waals surface area contributed by atoms with Gasteiger partial charge >= 0.3 is 0 Å². The SMILES string of the molecule is CCCc1cc(F)c(C#C[C@H]2CC[C@H](CCc3ccc(F)c(F)c3)CC2)c(F)c1. The Balaban J connectivity index is 1.52. The fraction of sp³-hybridized carbons (Fsp3) is 0.440. The zero-order valence-corrected chi connectivity index (χ0v) is 16.7. The van der Waals surface area contributed by atoms with Crippen molar-refractivity contribution in [1.82, 2.24) is 0 Å². The molecule has 3 rings (SSSR count). The van der Waals surface area contributed by atoms with Gasteiger partial charge in [-0.25, -0.2) is 17.6 Å². The first-order valence-electron chi connectivity index (χ1n) is 10.4. The molecule has 4 heteroatoms. The van der Waals surface area contributed by atoms with E-state index in [1.54, 1.807) is 6.07 Å². The van der Waals surface area contributed by atoms with E-state index >= 15 is 0 Å². The molecule has 0 aromatic heterocycles. The molecule has 1 aliphatic carbocycles. The Kier molecular flexibility index (Phi) is 7.36. The van der Waals surface area contributed by atoms with Crippen molar-refractivity contribution in [3.8, 4) is 11.8 Å². The van der Waals surface area contributed by atoms with Crippen LogP contribution in [0.15, 0.2) is 30.3 Å². The lowest BCUT2D eigenvalue weighted by atomic mass is 9.79. The monoisotopic (exact) mass is 402 g/mol. The molecule has 154 valence electrons. The number of hydrogen-bond donors (Lipinski definition) is 0. The van der Waals surface area contributed by atoms with E-state index in [-0.39, 0.29) is 11.5 Å². The van der Waals surface area contributed by atoms with Crippen molar-refractivity contribution in [2.45, 2.75) is 58.3 Å². The third-order valence-corrected chi connectivity index (χ3v) is 5.71. The maximum atomic E-state index is 14.2. The molecule has 0 saturated heterocycles. The number of rotatable bonds is 5. The molecule has 2 aromatic rings. The second-order valence-electron chi connectivity index (χ2n) is 7.96. The summed E-state index contributed by atoms with van der Waals surface area (Å²) in [5, 5.41) is 0. The Morgan fingerprint density at radius 1 is 0.793 bits per heavy atom. The van der Waals surface area contributed by atoms with Crippen LogP contribution in [0, 0.1) is 46.9 Å². The summed E-state index contributed by atoms with van der Waals surface area (Å²) in [4.78, 5) is 0. The molecule has 0 bridgehead atoms. The van der Waals surface area contributed by atoms with Gasteiger partial charge in [-0.2, -0.15) is 0 Å². The molecule has 0 spiro atoms. The first-order valence-corrected chi connectivity index (χ1v) is 10.4. The molecular formula is C25H26F4. The predicted octanol–water partition coefficient (Wildman–Crippen LogP) is 6.99. The Morgan fingerprint density at radius 3 is 2.07 bits per heavy atom. The lowest BCUT2D eigenvalue weighted by molar-refractivity contribution is 0.301. The Morgan fingerprint density at radius 2 is 1.45 bits per heavy atom. The van der Waals surface area contributed by atoms with Gasteiger partial charge < -0.3 is 0 Å². The standard InChI is InChI=1S/C25H26F4/c1-2-3-20-15-23(27)21(24(28)16-20)12-10-18-6-4-17(5-7-18)8-9-19-11-13-22(26)25(29)14-19/h11,13-18H,2-9H2,1H3/t17-,18-. The number of benzene rings is 2. The van der Waals surface area contributed by atoms with Crippen LogP contribution < -0.4 is 0 Å². The molecular weight excluding hydrogens is 376 g/mol. The van der Waals surface area contributed by atoms with Crippen molar-refractivity contribution in [3.05, 3.63) is 70.3 Å². The molecule has 0 N–H and O–H groups in total. The summed E-state index contributed by atoms with van der Waals surface area (Å²) in [7, 11) is 0. The summed E-state index contributed by atoms with van der Waals surface area (Å²) in [6.45, 7) is 1.97. The topological polar surface area (TPSA) is 0 Å². The van der Waals surface area contributed by atoms with Crippen LogP contribution in [0.2, 0.25) is 0 Å². The molecule has 0 aliphatic heterocycles. The average molecular weight is 402 g/mol. The minimum atomic E-state index is -0.819. The van der Waals surface area contributed by atoms with Crippen LogP contribution in [-0.2, 0) is 12.8 Å². The smallest absolute Gasteiger partial charge is 0.159 e. The summed E-state index contributed by atoms with van der Waals surface area (Å²) in [5.74, 6) is 3.66. The molecule has 0 nitrogen and oxygen atoms in total. The highest BCUT2D eigenvalue weighted by atomic mass is 19.2. The lowest BCUT2D eigenvalue weighted by Gasteiger charge is -2.25. The molecule has 0 amide bonds. The van der Waals surface area contributed by atoms with Crippen LogP contribution in [0.3, 0.4) is 0 Å². The summed E-state index contributed by atoms with van der Waals surface area (Å²) < 4.78 is 54.6. The van der Waals surface area contributed by atoms with E-state index in [2.05, 4.69) is 11.8 Å². The number of aryl methyl sites for hydroxylation is 2. The molecule has 29 heavy (non-hydrogen) atoms. The second-order valence-corrected chi connectivity index (χ2v) is 7.96. The fourth-order valence-corrected chi connectivity index (χ4v) is 4.01. The average Bonchev–Trinajstić information content (AvgIpc) is 2.69. The molecule has 1 saturated carbocycles. The number of halogens is 4. The normalized spacial score (nSPS) is 18.9. The molecule has 1 fully saturated rings. The van der Waals surface area contributed by atoms with E-state index in [0.717, 1.165) is 50.5 Å². The van der Waals surface area contributed by atoms with E-state index in [9.17, 15) is 17.6 Å². The van der Waals surface area contributed by atoms with Gasteiger partial charge in [0.05, 0.1) is 5.56 Å². The first-order chi connectivity index (χ1) is 14.0. The molecule has 0 unspecified atom stereocenters. The van der Waals surface area contributed by atoms with Gasteiger partial charge in [-0.15, -0.1) is 0 Å². The summed E-state index contributed by atoms with van der Waals surface area (Å²) in [5.41, 5.74) is 1.34. The van der Waals surface area contributed by atoms with Crippen molar-refractivity contribution in [2.24, 2.45) is 11.8 Å². The zero-order valence-electron chi connectivity index (χ0n) is 16.7. The first kappa shape index (κ1) is 21.4. The van der Waals surface area contributed by atoms with Gasteiger partial charge in [-0.05, 0) is 86.3 Å². The Bertz CT molecular complexity index is 876. The maximum Gasteiger partial charge on any atom is 0.159 e. The minimum Gasteiger partial charge on any atom is -0.206 e. The van der Waals surface area contributed by atoms with E-state index in [4.69, 9.17) is 0 Å². The van der Waals surface area contributed by atoms with Crippen molar-refractivity contribution in [3.63, 3.8) is 0 Å². The molecule has 1 aliphatic rings. The highest BCUT2D eigenvalue weighted by molar-refractivity contribution is 5.39. The van der Waals surface area contributed by atoms with Gasteiger partial charge in [0.1, 0.15) is 11.6 Å². The molecule has 0 heterocycles. The van der Waals surface area contributed by atoms with Gasteiger partial charge in [0, 0.05) is 5.92 Å². The van der Waals surface area contributed by atoms with E-state index in [1.807, 2.05) is 6.92 Å². The van der Waals surface area contributed by atoms with Crippen LogP contribution >= 0.6 is 0 Å². The van der Waals surface area contributed by atoms with Gasteiger partial charge in [0.15, 0.2) is 11.6 Å². The largest absolute Gasteiger partial charge is 0.206 e. The van der Waals surface area contributed by atoms with Crippen molar-refractivity contribution >= 4 is 0 Å². The number of hydrogen-bond acceptors (Lipinski definition) is 0. The van der Waals surface area contributed by atoms with Crippen LogP contribution in [-0.4, -0.2) is 0 Å². The second kappa shape index (κ2) is 9.96. The molecule has 2 aromatic carbocycles. The Labute approximate surface area is 170 Å². The van der Waals surface area contributed by atoms with E-state index in [1.165, 1.54) is 24.3 Å². The minimum absolute atomic E-state index is 0.134. The van der Waals surface area contributed by atoms with Crippen molar-refractivity contribution < 1.29 is 17.6 Å². The van der Waals surface area contributed by atoms with Crippen LogP contribution in [0.5, 0.6) is 0 Å². The third kappa shape index (κ3) is 5.85. The Hall–Kier alpha value is -2.28. The van der Waals surface area contributed by atoms with Gasteiger partial charge in [-0.1, -0.05) is 31.3 Å². The summed E-state index contributed by atoms with van der Waals surface area (Å²) in [6, 6.07) is 6.83. The third-order valence-electron chi connectivity index (χ3n) is 5.71. The van der Waals surface area contributed by atoms with Crippen molar-refractivity contribution in [1.29, 1.82) is 0 Å². The summed E-state index contributed by atoms with van der Waals surface area (Å²) in [6.07, 6.45) is 6.90. The van der Waals surface area contributed by atoms with Gasteiger partial charge in [0.25, 0.3) is 0 Å². The predicted molar refractivity (Wildman–Crippen MR) is 107 cm³/mol. The van der Waals surface area contributed by atoms with E-state index in [0.29, 0.717) is 17.9 Å². The summed E-state index contributed by atoms with van der Waals surface area (Å²) >= 11 is 0. The van der Waals surface area contributed by atoms with Crippen LogP contribution in [0.1, 0.15) is 62.1 Å². The highest BCUT2D eigenvalue weighted by Crippen LogP contribution is 2.31. The molecule has 0 radical (unpaired) electrons. The van der Waals surface area contributed by atoms with E-state index < -0.39 is 23.3 Å². The van der Waals surface area contributed by atoms with Crippen LogP contribution in [0.25, 0.3) is 0 Å². The van der Waals surface area contributed by atoms with Crippen LogP contribution in [0.4, 0.5) is 17.6 Å². The fourth-order valence-electron chi connectivity index (χ4n) is 4.01. The maximum absolute atomic E-state index is 14.2. The van der Waals surface area contributed by atoms with Crippen molar-refractivity contribution in [2.75, 3.05) is 0 Å². The molecule has 0 atom stereocenters. The zero-order chi connectivity index (χ0) is 20.8.